The van der Waals surface area contributed by atoms with Crippen molar-refractivity contribution < 1.29 is 22.8 Å². The van der Waals surface area contributed by atoms with Crippen molar-refractivity contribution >= 4 is 22.8 Å². The van der Waals surface area contributed by atoms with Gasteiger partial charge in [-0.2, -0.15) is 0 Å². The van der Waals surface area contributed by atoms with Gasteiger partial charge in [0.15, 0.2) is 11.6 Å². The van der Waals surface area contributed by atoms with E-state index in [0.29, 0.717) is 13.0 Å². The number of nitrogens with one attached hydrogen (secondary N) is 1. The Kier molecular flexibility index (Phi) is 6.58. The van der Waals surface area contributed by atoms with Crippen LogP contribution in [0.15, 0.2) is 40.9 Å². The minimum absolute atomic E-state index is 0.165. The Hall–Kier alpha value is -3.79. The van der Waals surface area contributed by atoms with Gasteiger partial charge in [0.25, 0.3) is 0 Å². The van der Waals surface area contributed by atoms with Gasteiger partial charge in [-0.05, 0) is 75.8 Å². The molecule has 6 rings (SSSR count). The lowest BCUT2D eigenvalue weighted by atomic mass is 9.92. The van der Waals surface area contributed by atoms with E-state index >= 15 is 0 Å². The summed E-state index contributed by atoms with van der Waals surface area (Å²) in [5.74, 6) is -0.485. The summed E-state index contributed by atoms with van der Waals surface area (Å²) in [6.07, 6.45) is 4.47. The highest BCUT2D eigenvalue weighted by atomic mass is 19.2. The third-order valence-corrected chi connectivity index (χ3v) is 8.08. The largest absolute Gasteiger partial charge is 0.381 e. The Morgan fingerprint density at radius 2 is 1.82 bits per heavy atom. The average molecular weight is 536 g/mol. The van der Waals surface area contributed by atoms with Crippen molar-refractivity contribution in [3.8, 4) is 11.1 Å². The van der Waals surface area contributed by atoms with Crippen molar-refractivity contribution in [2.75, 3.05) is 18.6 Å². The molecule has 1 saturated carbocycles. The van der Waals surface area contributed by atoms with Gasteiger partial charge in [-0.3, -0.25) is 4.90 Å². The number of anilines is 1. The molecule has 0 radical (unpaired) electrons. The van der Waals surface area contributed by atoms with Crippen LogP contribution in [0.1, 0.15) is 61.5 Å². The molecule has 1 N–H and O–H groups in total. The number of aromatic nitrogens is 3. The van der Waals surface area contributed by atoms with E-state index in [1.54, 1.807) is 7.11 Å². The molecule has 2 aromatic carbocycles. The van der Waals surface area contributed by atoms with Gasteiger partial charge in [0.2, 0.25) is 0 Å². The summed E-state index contributed by atoms with van der Waals surface area (Å²) in [5.41, 5.74) is 4.75. The Labute approximate surface area is 224 Å². The van der Waals surface area contributed by atoms with Gasteiger partial charge in [-0.15, -0.1) is 0 Å². The number of nitrogens with zero attached hydrogens (tertiary/aromatic N) is 4. The van der Waals surface area contributed by atoms with Crippen molar-refractivity contribution in [3.05, 3.63) is 65.3 Å². The molecule has 2 aromatic heterocycles. The number of amides is 2. The van der Waals surface area contributed by atoms with Gasteiger partial charge < -0.3 is 19.1 Å². The Morgan fingerprint density at radius 1 is 1.03 bits per heavy atom. The number of imidazole rings is 1. The van der Waals surface area contributed by atoms with Crippen LogP contribution >= 0.6 is 0 Å². The van der Waals surface area contributed by atoms with Crippen LogP contribution in [-0.4, -0.2) is 40.5 Å². The first-order chi connectivity index (χ1) is 18.9. The lowest BCUT2D eigenvalue weighted by molar-refractivity contribution is 0.0584. The minimum atomic E-state index is -1.000. The summed E-state index contributed by atoms with van der Waals surface area (Å²) < 4.78 is 41.3. The molecule has 1 saturated heterocycles. The first kappa shape index (κ1) is 25.5. The number of urea groups is 1. The summed E-state index contributed by atoms with van der Waals surface area (Å²) in [6.45, 7) is 4.25. The fourth-order valence-corrected chi connectivity index (χ4v) is 6.17. The highest BCUT2D eigenvalue weighted by Gasteiger charge is 2.36. The Morgan fingerprint density at radius 3 is 2.51 bits per heavy atom. The molecular weight excluding hydrogens is 504 g/mol. The summed E-state index contributed by atoms with van der Waals surface area (Å²) >= 11 is 0. The number of ether oxygens (including phenoxy) is 1. The van der Waals surface area contributed by atoms with Crippen LogP contribution in [-0.2, 0) is 4.74 Å². The molecule has 0 spiro atoms. The molecule has 1 unspecified atom stereocenters. The van der Waals surface area contributed by atoms with Crippen molar-refractivity contribution in [2.24, 2.45) is 0 Å². The van der Waals surface area contributed by atoms with E-state index in [9.17, 15) is 13.6 Å². The quantitative estimate of drug-likeness (QED) is 0.321. The highest BCUT2D eigenvalue weighted by molar-refractivity contribution is 5.94. The van der Waals surface area contributed by atoms with Gasteiger partial charge in [-0.25, -0.2) is 18.6 Å². The molecule has 1 aliphatic heterocycles. The van der Waals surface area contributed by atoms with Crippen LogP contribution in [0.3, 0.4) is 0 Å². The van der Waals surface area contributed by atoms with Crippen LogP contribution in [0, 0.1) is 25.5 Å². The number of fused-ring (bicyclic) bond motifs is 1. The molecule has 4 aromatic rings. The van der Waals surface area contributed by atoms with E-state index in [0.717, 1.165) is 77.3 Å². The van der Waals surface area contributed by atoms with Gasteiger partial charge >= 0.3 is 6.03 Å². The van der Waals surface area contributed by atoms with E-state index in [1.165, 1.54) is 11.0 Å². The molecule has 204 valence electrons. The minimum Gasteiger partial charge on any atom is -0.381 e. The maximum absolute atomic E-state index is 14.3. The molecule has 0 bridgehead atoms. The summed E-state index contributed by atoms with van der Waals surface area (Å²) in [6, 6.07) is 9.05. The Bertz CT molecular complexity index is 1520. The standard InChI is InChI=1S/C29H31F2N5O3/c1-16-27(17(2)39-34-16)18-4-11-25-24(14-18)33-28(35(25)19-5-8-21(38-3)9-6-19)26-12-13-32-29(37)36(26)20-7-10-22(30)23(31)15-20/h4,7,10-11,14-15,19,21,26H,5-6,8-9,12-13H2,1-3H3,(H,32,37). The predicted molar refractivity (Wildman–Crippen MR) is 143 cm³/mol. The maximum Gasteiger partial charge on any atom is 0.322 e. The lowest BCUT2D eigenvalue weighted by Crippen LogP contribution is -2.49. The SMILES string of the molecule is COC1CCC(n2c(C3CCNC(=O)N3c3ccc(F)c(F)c3)nc3cc(-c4c(C)noc4C)ccc32)CC1. The van der Waals surface area contributed by atoms with Crippen molar-refractivity contribution in [1.82, 2.24) is 20.0 Å². The fraction of sp³-hybridized carbons (Fsp3) is 0.414. The maximum atomic E-state index is 14.3. The second-order valence-electron chi connectivity index (χ2n) is 10.4. The van der Waals surface area contributed by atoms with Crippen LogP contribution in [0.25, 0.3) is 22.2 Å². The molecule has 10 heteroatoms. The normalized spacial score (nSPS) is 21.9. The molecule has 39 heavy (non-hydrogen) atoms. The van der Waals surface area contributed by atoms with Crippen LogP contribution < -0.4 is 10.2 Å². The second kappa shape index (κ2) is 10.1. The fourth-order valence-electron chi connectivity index (χ4n) is 6.17. The zero-order chi connectivity index (χ0) is 27.3. The van der Waals surface area contributed by atoms with Crippen molar-refractivity contribution in [3.63, 3.8) is 0 Å². The molecule has 1 aliphatic carbocycles. The third-order valence-electron chi connectivity index (χ3n) is 8.08. The van der Waals surface area contributed by atoms with E-state index in [4.69, 9.17) is 14.2 Å². The van der Waals surface area contributed by atoms with Gasteiger partial charge in [-0.1, -0.05) is 11.2 Å². The van der Waals surface area contributed by atoms with Crippen LogP contribution in [0.4, 0.5) is 19.3 Å². The van der Waals surface area contributed by atoms with Gasteiger partial charge in [0, 0.05) is 37.0 Å². The first-order valence-electron chi connectivity index (χ1n) is 13.4. The smallest absolute Gasteiger partial charge is 0.322 e. The number of methoxy groups -OCH3 is 1. The number of carbonyl (C=O) groups is 1. The van der Waals surface area contributed by atoms with Crippen LogP contribution in [0.2, 0.25) is 0 Å². The Balaban J connectivity index is 1.50. The van der Waals surface area contributed by atoms with E-state index in [-0.39, 0.29) is 23.9 Å². The summed E-state index contributed by atoms with van der Waals surface area (Å²) in [7, 11) is 1.75. The van der Waals surface area contributed by atoms with E-state index < -0.39 is 17.7 Å². The average Bonchev–Trinajstić information content (AvgIpc) is 3.48. The van der Waals surface area contributed by atoms with Crippen molar-refractivity contribution in [1.29, 1.82) is 0 Å². The molecular formula is C29H31F2N5O3. The third kappa shape index (κ3) is 4.46. The number of rotatable bonds is 5. The number of aryl methyl sites for hydroxylation is 2. The number of halogens is 2. The molecule has 2 fully saturated rings. The van der Waals surface area contributed by atoms with Gasteiger partial charge in [0.05, 0.1) is 28.9 Å². The monoisotopic (exact) mass is 535 g/mol. The molecule has 1 atom stereocenters. The topological polar surface area (TPSA) is 85.4 Å². The summed E-state index contributed by atoms with van der Waals surface area (Å²) in [4.78, 5) is 19.8. The molecule has 3 heterocycles. The number of carbonyl (C=O) groups excluding carboxylic acids is 1. The number of benzene rings is 2. The first-order valence-corrected chi connectivity index (χ1v) is 13.4. The predicted octanol–water partition coefficient (Wildman–Crippen LogP) is 6.38. The highest BCUT2D eigenvalue weighted by Crippen LogP contribution is 2.40. The summed E-state index contributed by atoms with van der Waals surface area (Å²) in [5, 5.41) is 6.95. The molecule has 2 aliphatic rings. The zero-order valence-corrected chi connectivity index (χ0v) is 22.2. The van der Waals surface area contributed by atoms with Crippen LogP contribution in [0.5, 0.6) is 0 Å². The number of hydrogen-bond acceptors (Lipinski definition) is 5. The van der Waals surface area contributed by atoms with Crippen molar-refractivity contribution in [2.45, 2.75) is 64.1 Å². The van der Waals surface area contributed by atoms with E-state index in [2.05, 4.69) is 27.2 Å². The zero-order valence-electron chi connectivity index (χ0n) is 22.2. The second-order valence-corrected chi connectivity index (χ2v) is 10.4. The lowest BCUT2D eigenvalue weighted by Gasteiger charge is -2.37. The molecule has 8 nitrogen and oxygen atoms in total. The van der Waals surface area contributed by atoms with E-state index in [1.807, 2.05) is 19.9 Å². The van der Waals surface area contributed by atoms with Gasteiger partial charge in [0.1, 0.15) is 11.6 Å². The molecule has 2 amide bonds. The number of hydrogen-bond donors (Lipinski definition) is 1.